The molecule has 0 aromatic heterocycles. The predicted molar refractivity (Wildman–Crippen MR) is 92.1 cm³/mol. The molecule has 2 aromatic carbocycles. The average molecular weight is 330 g/mol. The number of aliphatic hydroxyl groups is 1. The summed E-state index contributed by atoms with van der Waals surface area (Å²) in [6.07, 6.45) is 1.93. The molecule has 1 atom stereocenters. The summed E-state index contributed by atoms with van der Waals surface area (Å²) < 4.78 is 12.8. The Balaban J connectivity index is 1.82. The maximum absolute atomic E-state index is 12.8. The number of rotatable bonds is 8. The van der Waals surface area contributed by atoms with Crippen molar-refractivity contribution in [2.45, 2.75) is 25.3 Å². The van der Waals surface area contributed by atoms with Crippen LogP contribution < -0.4 is 10.6 Å². The molecule has 0 aliphatic carbocycles. The minimum absolute atomic E-state index is 0.0944. The highest BCUT2D eigenvalue weighted by Crippen LogP contribution is 2.17. The monoisotopic (exact) mass is 330 g/mol. The Bertz CT molecular complexity index is 617. The molecule has 3 N–H and O–H groups in total. The van der Waals surface area contributed by atoms with Gasteiger partial charge in [0.1, 0.15) is 5.82 Å². The highest BCUT2D eigenvalue weighted by molar-refractivity contribution is 5.74. The Kier molecular flexibility index (Phi) is 7.23. The fourth-order valence-corrected chi connectivity index (χ4v) is 2.48. The lowest BCUT2D eigenvalue weighted by molar-refractivity contribution is 0.233. The van der Waals surface area contributed by atoms with Gasteiger partial charge in [0.05, 0.1) is 6.04 Å². The maximum atomic E-state index is 12.8. The molecule has 128 valence electrons. The van der Waals surface area contributed by atoms with Gasteiger partial charge in [-0.3, -0.25) is 0 Å². The van der Waals surface area contributed by atoms with Crippen LogP contribution >= 0.6 is 0 Å². The number of carbonyl (C=O) groups excluding carboxylic acids is 1. The van der Waals surface area contributed by atoms with Gasteiger partial charge in [0.2, 0.25) is 0 Å². The predicted octanol–water partition coefficient (Wildman–Crippen LogP) is 3.18. The lowest BCUT2D eigenvalue weighted by Gasteiger charge is -2.19. The van der Waals surface area contributed by atoms with Gasteiger partial charge in [0.25, 0.3) is 0 Å². The van der Waals surface area contributed by atoms with Gasteiger partial charge in [0, 0.05) is 13.2 Å². The normalized spacial score (nSPS) is 11.8. The van der Waals surface area contributed by atoms with Gasteiger partial charge in [-0.25, -0.2) is 9.18 Å². The van der Waals surface area contributed by atoms with E-state index in [1.54, 1.807) is 12.1 Å². The van der Waals surface area contributed by atoms with E-state index in [0.29, 0.717) is 25.8 Å². The molecule has 2 aromatic rings. The second-order valence-corrected chi connectivity index (χ2v) is 5.61. The molecule has 0 spiro atoms. The van der Waals surface area contributed by atoms with Crippen LogP contribution in [0.3, 0.4) is 0 Å². The number of amides is 2. The molecular formula is C19H23FN2O2. The minimum atomic E-state index is -0.265. The van der Waals surface area contributed by atoms with Gasteiger partial charge < -0.3 is 15.7 Å². The van der Waals surface area contributed by atoms with Crippen LogP contribution in [0.25, 0.3) is 0 Å². The molecule has 0 saturated carbocycles. The molecule has 0 radical (unpaired) electrons. The summed E-state index contributed by atoms with van der Waals surface area (Å²) in [7, 11) is 0. The number of halogens is 1. The first-order valence-corrected chi connectivity index (χ1v) is 8.13. The van der Waals surface area contributed by atoms with Crippen LogP contribution in [0.5, 0.6) is 0 Å². The number of hydrogen-bond donors (Lipinski definition) is 3. The third-order valence-electron chi connectivity index (χ3n) is 3.77. The van der Waals surface area contributed by atoms with Gasteiger partial charge in [-0.05, 0) is 42.5 Å². The number of nitrogens with one attached hydrogen (secondary N) is 2. The fourth-order valence-electron chi connectivity index (χ4n) is 2.48. The van der Waals surface area contributed by atoms with Crippen LogP contribution in [0, 0.1) is 5.82 Å². The Morgan fingerprint density at radius 1 is 1.08 bits per heavy atom. The van der Waals surface area contributed by atoms with E-state index >= 15 is 0 Å². The number of carbonyl (C=O) groups is 1. The molecule has 24 heavy (non-hydrogen) atoms. The molecular weight excluding hydrogens is 307 g/mol. The summed E-state index contributed by atoms with van der Waals surface area (Å²) in [5.74, 6) is -0.265. The average Bonchev–Trinajstić information content (AvgIpc) is 2.61. The van der Waals surface area contributed by atoms with Crippen LogP contribution in [-0.2, 0) is 6.42 Å². The quantitative estimate of drug-likeness (QED) is 0.696. The van der Waals surface area contributed by atoms with E-state index in [2.05, 4.69) is 10.6 Å². The van der Waals surface area contributed by atoms with Gasteiger partial charge >= 0.3 is 6.03 Å². The van der Waals surface area contributed by atoms with E-state index < -0.39 is 0 Å². The Morgan fingerprint density at radius 3 is 2.46 bits per heavy atom. The van der Waals surface area contributed by atoms with Crippen molar-refractivity contribution in [3.8, 4) is 0 Å². The lowest BCUT2D eigenvalue weighted by atomic mass is 10.0. The molecule has 2 amide bonds. The van der Waals surface area contributed by atoms with Crippen molar-refractivity contribution >= 4 is 6.03 Å². The van der Waals surface area contributed by atoms with Crippen molar-refractivity contribution in [2.75, 3.05) is 13.2 Å². The molecule has 4 nitrogen and oxygen atoms in total. The van der Waals surface area contributed by atoms with Crippen LogP contribution in [0.15, 0.2) is 54.6 Å². The van der Waals surface area contributed by atoms with Gasteiger partial charge in [-0.1, -0.05) is 42.5 Å². The van der Waals surface area contributed by atoms with Crippen molar-refractivity contribution < 1.29 is 14.3 Å². The topological polar surface area (TPSA) is 61.4 Å². The smallest absolute Gasteiger partial charge is 0.315 e. The molecule has 0 heterocycles. The molecule has 0 aliphatic heterocycles. The largest absolute Gasteiger partial charge is 0.396 e. The van der Waals surface area contributed by atoms with E-state index in [1.807, 2.05) is 30.3 Å². The highest BCUT2D eigenvalue weighted by Gasteiger charge is 2.13. The second kappa shape index (κ2) is 9.67. The number of benzene rings is 2. The van der Waals surface area contributed by atoms with E-state index in [0.717, 1.165) is 11.1 Å². The van der Waals surface area contributed by atoms with Crippen molar-refractivity contribution in [1.29, 1.82) is 0 Å². The number of urea groups is 1. The fraction of sp³-hybridized carbons (Fsp3) is 0.316. The summed E-state index contributed by atoms with van der Waals surface area (Å²) in [6, 6.07) is 15.6. The van der Waals surface area contributed by atoms with Gasteiger partial charge in [-0.2, -0.15) is 0 Å². The number of aliphatic hydroxyl groups excluding tert-OH is 1. The third kappa shape index (κ3) is 6.01. The maximum Gasteiger partial charge on any atom is 0.315 e. The van der Waals surface area contributed by atoms with Crippen molar-refractivity contribution in [3.63, 3.8) is 0 Å². The first kappa shape index (κ1) is 17.9. The van der Waals surface area contributed by atoms with Gasteiger partial charge in [-0.15, -0.1) is 0 Å². The Labute approximate surface area is 141 Å². The van der Waals surface area contributed by atoms with Gasteiger partial charge in [0.15, 0.2) is 0 Å². The zero-order chi connectivity index (χ0) is 17.2. The lowest BCUT2D eigenvalue weighted by Crippen LogP contribution is -2.39. The molecule has 2 rings (SSSR count). The van der Waals surface area contributed by atoms with Crippen LogP contribution in [0.4, 0.5) is 9.18 Å². The molecule has 1 unspecified atom stereocenters. The summed E-state index contributed by atoms with van der Waals surface area (Å²) >= 11 is 0. The van der Waals surface area contributed by atoms with Crippen LogP contribution in [-0.4, -0.2) is 24.3 Å². The molecule has 0 aliphatic rings. The van der Waals surface area contributed by atoms with Crippen molar-refractivity contribution in [1.82, 2.24) is 10.6 Å². The first-order valence-electron chi connectivity index (χ1n) is 8.13. The number of hydrogen-bond acceptors (Lipinski definition) is 2. The summed E-state index contributed by atoms with van der Waals surface area (Å²) in [5.41, 5.74) is 1.98. The second-order valence-electron chi connectivity index (χ2n) is 5.61. The molecule has 0 bridgehead atoms. The summed E-state index contributed by atoms with van der Waals surface area (Å²) in [5, 5.41) is 14.8. The SMILES string of the molecule is O=C(NCCc1ccc(F)cc1)NC(CCCO)c1ccccc1. The first-order chi connectivity index (χ1) is 11.7. The third-order valence-corrected chi connectivity index (χ3v) is 3.77. The zero-order valence-electron chi connectivity index (χ0n) is 13.5. The molecule has 0 saturated heterocycles. The summed E-state index contributed by atoms with van der Waals surface area (Å²) in [6.45, 7) is 0.566. The van der Waals surface area contributed by atoms with E-state index in [1.165, 1.54) is 12.1 Å². The zero-order valence-corrected chi connectivity index (χ0v) is 13.5. The molecule has 0 fully saturated rings. The van der Waals surface area contributed by atoms with E-state index in [9.17, 15) is 9.18 Å². The summed E-state index contributed by atoms with van der Waals surface area (Å²) in [4.78, 5) is 12.1. The minimum Gasteiger partial charge on any atom is -0.396 e. The Hall–Kier alpha value is -2.40. The van der Waals surface area contributed by atoms with Crippen LogP contribution in [0.2, 0.25) is 0 Å². The molecule has 5 heteroatoms. The van der Waals surface area contributed by atoms with Crippen LogP contribution in [0.1, 0.15) is 30.0 Å². The highest BCUT2D eigenvalue weighted by atomic mass is 19.1. The van der Waals surface area contributed by atoms with Crippen molar-refractivity contribution in [2.24, 2.45) is 0 Å². The van der Waals surface area contributed by atoms with E-state index in [-0.39, 0.29) is 24.5 Å². The standard InChI is InChI=1S/C19H23FN2O2/c20-17-10-8-15(9-11-17)12-13-21-19(24)22-18(7-4-14-23)16-5-2-1-3-6-16/h1-3,5-6,8-11,18,23H,4,7,12-14H2,(H2,21,22,24). The van der Waals surface area contributed by atoms with E-state index in [4.69, 9.17) is 5.11 Å². The van der Waals surface area contributed by atoms with Crippen molar-refractivity contribution in [3.05, 3.63) is 71.5 Å². The Morgan fingerprint density at radius 2 is 1.79 bits per heavy atom.